The normalized spacial score (nSPS) is 12.1. The van der Waals surface area contributed by atoms with Crippen LogP contribution < -0.4 is 5.32 Å². The minimum atomic E-state index is -0.823. The fourth-order valence-electron chi connectivity index (χ4n) is 0.741. The van der Waals surface area contributed by atoms with Crippen LogP contribution in [0.4, 0.5) is 5.82 Å². The summed E-state index contributed by atoms with van der Waals surface area (Å²) in [5.41, 5.74) is 0. The monoisotopic (exact) mass is 181 g/mol. The number of anilines is 1. The van der Waals surface area contributed by atoms with Crippen molar-refractivity contribution in [3.8, 4) is 0 Å². The van der Waals surface area contributed by atoms with Gasteiger partial charge in [-0.1, -0.05) is 6.92 Å². The molecule has 0 aromatic carbocycles. The molecule has 0 aliphatic rings. The highest BCUT2D eigenvalue weighted by Gasteiger charge is 2.09. The zero-order valence-corrected chi connectivity index (χ0v) is 7.27. The molecule has 1 rings (SSSR count). The van der Waals surface area contributed by atoms with Gasteiger partial charge in [0.2, 0.25) is 0 Å². The van der Waals surface area contributed by atoms with E-state index in [0.29, 0.717) is 12.4 Å². The summed E-state index contributed by atoms with van der Waals surface area (Å²) in [5, 5.41) is 18.9. The Morgan fingerprint density at radius 2 is 2.54 bits per heavy atom. The number of aliphatic carboxylic acids is 1. The van der Waals surface area contributed by atoms with E-state index in [-0.39, 0.29) is 0 Å². The maximum absolute atomic E-state index is 10.4. The number of nitrogens with one attached hydrogen (secondary N) is 1. The molecule has 0 saturated carbocycles. The average Bonchev–Trinajstić information content (AvgIpc) is 2.15. The Hall–Kier alpha value is -1.65. The molecule has 0 aliphatic heterocycles. The van der Waals surface area contributed by atoms with Gasteiger partial charge in [-0.2, -0.15) is 5.10 Å². The predicted octanol–water partition coefficient (Wildman–Crippen LogP) is 0.609. The zero-order chi connectivity index (χ0) is 9.68. The van der Waals surface area contributed by atoms with E-state index in [9.17, 15) is 4.79 Å². The molecule has 0 saturated heterocycles. The summed E-state index contributed by atoms with van der Waals surface area (Å²) >= 11 is 0. The predicted molar refractivity (Wildman–Crippen MR) is 47.3 cm³/mol. The van der Waals surface area contributed by atoms with Crippen LogP contribution >= 0.6 is 0 Å². The number of hydrogen-bond donors (Lipinski definition) is 2. The minimum absolute atomic E-state index is 0.355. The average molecular weight is 181 g/mol. The first kappa shape index (κ1) is 9.44. The van der Waals surface area contributed by atoms with Crippen molar-refractivity contribution in [1.29, 1.82) is 0 Å². The maximum atomic E-state index is 10.4. The molecule has 0 amide bonds. The summed E-state index contributed by atoms with van der Waals surface area (Å²) in [7, 11) is 0. The molecule has 1 aromatic rings. The van der Waals surface area contributed by atoms with Gasteiger partial charge in [0, 0.05) is 12.7 Å². The van der Waals surface area contributed by atoms with Crippen LogP contribution in [-0.2, 0) is 4.79 Å². The summed E-state index contributed by atoms with van der Waals surface area (Å²) in [6.07, 6.45) is 1.56. The molecule has 1 heterocycles. The molecule has 70 valence electrons. The summed E-state index contributed by atoms with van der Waals surface area (Å²) in [5.74, 6) is -0.658. The molecule has 13 heavy (non-hydrogen) atoms. The first-order valence-corrected chi connectivity index (χ1v) is 3.94. The van der Waals surface area contributed by atoms with Crippen LogP contribution in [0.1, 0.15) is 6.92 Å². The van der Waals surface area contributed by atoms with Gasteiger partial charge in [0.15, 0.2) is 0 Å². The van der Waals surface area contributed by atoms with Gasteiger partial charge >= 0.3 is 5.97 Å². The van der Waals surface area contributed by atoms with Gasteiger partial charge in [-0.15, -0.1) is 5.10 Å². The van der Waals surface area contributed by atoms with Crippen molar-refractivity contribution in [3.05, 3.63) is 18.3 Å². The molecule has 5 heteroatoms. The molecule has 0 bridgehead atoms. The Kier molecular flexibility index (Phi) is 3.19. The fourth-order valence-corrected chi connectivity index (χ4v) is 0.741. The molecule has 1 unspecified atom stereocenters. The number of hydrogen-bond acceptors (Lipinski definition) is 4. The van der Waals surface area contributed by atoms with Gasteiger partial charge < -0.3 is 10.4 Å². The highest BCUT2D eigenvalue weighted by atomic mass is 16.4. The summed E-state index contributed by atoms with van der Waals surface area (Å²) in [6.45, 7) is 1.99. The van der Waals surface area contributed by atoms with Gasteiger partial charge in [0.25, 0.3) is 0 Å². The van der Waals surface area contributed by atoms with E-state index in [0.717, 1.165) is 0 Å². The SMILES string of the molecule is CC(CNc1cccnn1)C(=O)O. The van der Waals surface area contributed by atoms with Crippen molar-refractivity contribution in [2.75, 3.05) is 11.9 Å². The van der Waals surface area contributed by atoms with Crippen LogP contribution in [0.25, 0.3) is 0 Å². The first-order chi connectivity index (χ1) is 6.20. The van der Waals surface area contributed by atoms with Gasteiger partial charge in [-0.05, 0) is 12.1 Å². The van der Waals surface area contributed by atoms with E-state index in [2.05, 4.69) is 15.5 Å². The molecule has 0 spiro atoms. The van der Waals surface area contributed by atoms with Crippen LogP contribution in [0.5, 0.6) is 0 Å². The van der Waals surface area contributed by atoms with E-state index in [1.807, 2.05) is 0 Å². The zero-order valence-electron chi connectivity index (χ0n) is 7.27. The third kappa shape index (κ3) is 3.06. The maximum Gasteiger partial charge on any atom is 0.308 e. The first-order valence-electron chi connectivity index (χ1n) is 3.94. The van der Waals surface area contributed by atoms with Gasteiger partial charge in [-0.25, -0.2) is 0 Å². The van der Waals surface area contributed by atoms with E-state index < -0.39 is 11.9 Å². The fraction of sp³-hybridized carbons (Fsp3) is 0.375. The Morgan fingerprint density at radius 1 is 1.77 bits per heavy atom. The van der Waals surface area contributed by atoms with Crippen LogP contribution in [0.3, 0.4) is 0 Å². The second kappa shape index (κ2) is 4.39. The van der Waals surface area contributed by atoms with Crippen LogP contribution in [0.15, 0.2) is 18.3 Å². The third-order valence-corrected chi connectivity index (χ3v) is 1.58. The van der Waals surface area contributed by atoms with Crippen molar-refractivity contribution >= 4 is 11.8 Å². The van der Waals surface area contributed by atoms with E-state index in [4.69, 9.17) is 5.11 Å². The molecule has 0 fully saturated rings. The second-order valence-electron chi connectivity index (χ2n) is 2.73. The molecular weight excluding hydrogens is 170 g/mol. The van der Waals surface area contributed by atoms with Gasteiger partial charge in [0.1, 0.15) is 5.82 Å². The number of aromatic nitrogens is 2. The molecule has 1 atom stereocenters. The highest BCUT2D eigenvalue weighted by molar-refractivity contribution is 5.70. The number of carboxylic acids is 1. The summed E-state index contributed by atoms with van der Waals surface area (Å²) in [6, 6.07) is 3.47. The Bertz CT molecular complexity index is 276. The number of carboxylic acid groups (broad SMARTS) is 1. The quantitative estimate of drug-likeness (QED) is 0.711. The van der Waals surface area contributed by atoms with Crippen LogP contribution in [0.2, 0.25) is 0 Å². The summed E-state index contributed by atoms with van der Waals surface area (Å²) < 4.78 is 0. The smallest absolute Gasteiger partial charge is 0.308 e. The van der Waals surface area contributed by atoms with Crippen molar-refractivity contribution in [3.63, 3.8) is 0 Å². The lowest BCUT2D eigenvalue weighted by atomic mass is 10.2. The van der Waals surface area contributed by atoms with Crippen molar-refractivity contribution in [2.24, 2.45) is 5.92 Å². The van der Waals surface area contributed by atoms with E-state index in [1.165, 1.54) is 0 Å². The summed E-state index contributed by atoms with van der Waals surface area (Å²) in [4.78, 5) is 10.4. The van der Waals surface area contributed by atoms with Crippen molar-refractivity contribution in [1.82, 2.24) is 10.2 Å². The Labute approximate surface area is 75.8 Å². The molecule has 2 N–H and O–H groups in total. The Balaban J connectivity index is 2.39. The molecule has 1 aromatic heterocycles. The lowest BCUT2D eigenvalue weighted by Crippen LogP contribution is -2.20. The molecular formula is C8H11N3O2. The largest absolute Gasteiger partial charge is 0.481 e. The Morgan fingerprint density at radius 3 is 3.08 bits per heavy atom. The van der Waals surface area contributed by atoms with Crippen molar-refractivity contribution < 1.29 is 9.90 Å². The number of rotatable bonds is 4. The van der Waals surface area contributed by atoms with E-state index >= 15 is 0 Å². The second-order valence-corrected chi connectivity index (χ2v) is 2.73. The third-order valence-electron chi connectivity index (χ3n) is 1.58. The molecule has 5 nitrogen and oxygen atoms in total. The molecule has 0 radical (unpaired) electrons. The number of carbonyl (C=O) groups is 1. The van der Waals surface area contributed by atoms with Crippen LogP contribution in [0, 0.1) is 5.92 Å². The standard InChI is InChI=1S/C8H11N3O2/c1-6(8(12)13)5-9-7-3-2-4-10-11-7/h2-4,6H,5H2,1H3,(H,9,11)(H,12,13). The molecule has 0 aliphatic carbocycles. The number of nitrogens with zero attached hydrogens (tertiary/aromatic N) is 2. The lowest BCUT2D eigenvalue weighted by molar-refractivity contribution is -0.140. The van der Waals surface area contributed by atoms with E-state index in [1.54, 1.807) is 25.3 Å². The van der Waals surface area contributed by atoms with Gasteiger partial charge in [-0.3, -0.25) is 4.79 Å². The van der Waals surface area contributed by atoms with Crippen molar-refractivity contribution in [2.45, 2.75) is 6.92 Å². The topological polar surface area (TPSA) is 75.1 Å². The highest BCUT2D eigenvalue weighted by Crippen LogP contribution is 2.00. The van der Waals surface area contributed by atoms with Gasteiger partial charge in [0.05, 0.1) is 5.92 Å². The lowest BCUT2D eigenvalue weighted by Gasteiger charge is -2.07. The minimum Gasteiger partial charge on any atom is -0.481 e. The van der Waals surface area contributed by atoms with Crippen LogP contribution in [-0.4, -0.2) is 27.8 Å².